The van der Waals surface area contributed by atoms with Gasteiger partial charge in [-0.3, -0.25) is 4.79 Å². The summed E-state index contributed by atoms with van der Waals surface area (Å²) in [5.74, 6) is -0.0812. The number of nitrogens with zero attached hydrogens (tertiary/aromatic N) is 3. The monoisotopic (exact) mass is 215 g/mol. The molecule has 0 aliphatic carbocycles. The van der Waals surface area contributed by atoms with E-state index in [0.29, 0.717) is 0 Å². The minimum atomic E-state index is -0.984. The fourth-order valence-electron chi connectivity index (χ4n) is 1.52. The predicted octanol–water partition coefficient (Wildman–Crippen LogP) is 2.84. The van der Waals surface area contributed by atoms with Gasteiger partial charge < -0.3 is 0 Å². The molecule has 2 rings (SSSR count). The Morgan fingerprint density at radius 1 is 1.31 bits per heavy atom. The fraction of sp³-hybridized carbons (Fsp3) is 0.333. The Bertz CT molecular complexity index is 505. The number of carbonyl (C=O) groups excluding carboxylic acids is 1. The lowest BCUT2D eigenvalue weighted by Crippen LogP contribution is -2.23. The standard InChI is InChI=1S/C12H13N3O/c1-8-6-4-5-7-11(8)14-15-12(10(3)16)9(2)13-12/h4-7H,1-3H3. The van der Waals surface area contributed by atoms with Crippen LogP contribution in [0.25, 0.3) is 0 Å². The Labute approximate surface area is 94.1 Å². The van der Waals surface area contributed by atoms with E-state index >= 15 is 0 Å². The lowest BCUT2D eigenvalue weighted by atomic mass is 10.1. The SMILES string of the molecule is CC(=O)C1(N=Nc2ccccc2C)N=C1C. The molecule has 16 heavy (non-hydrogen) atoms. The van der Waals surface area contributed by atoms with Gasteiger partial charge in [0.15, 0.2) is 5.78 Å². The number of Topliss-reactive ketones (excluding diaryl/α,β-unsaturated/α-hetero) is 1. The van der Waals surface area contributed by atoms with Crippen LogP contribution in [-0.4, -0.2) is 17.2 Å². The highest BCUT2D eigenvalue weighted by atomic mass is 16.1. The van der Waals surface area contributed by atoms with Crippen molar-refractivity contribution in [1.29, 1.82) is 0 Å². The quantitative estimate of drug-likeness (QED) is 0.715. The van der Waals surface area contributed by atoms with Crippen molar-refractivity contribution in [3.05, 3.63) is 29.8 Å². The Morgan fingerprint density at radius 3 is 2.44 bits per heavy atom. The van der Waals surface area contributed by atoms with Crippen molar-refractivity contribution in [2.24, 2.45) is 15.2 Å². The highest BCUT2D eigenvalue weighted by Crippen LogP contribution is 2.32. The van der Waals surface area contributed by atoms with E-state index in [1.54, 1.807) is 6.92 Å². The summed E-state index contributed by atoms with van der Waals surface area (Å²) in [6.07, 6.45) is 0. The molecule has 0 amide bonds. The summed E-state index contributed by atoms with van der Waals surface area (Å²) in [7, 11) is 0. The van der Waals surface area contributed by atoms with E-state index in [1.165, 1.54) is 6.92 Å². The first kappa shape index (κ1) is 10.7. The maximum absolute atomic E-state index is 11.4. The van der Waals surface area contributed by atoms with Crippen LogP contribution in [0.15, 0.2) is 39.5 Å². The Hall–Kier alpha value is -1.84. The highest BCUT2D eigenvalue weighted by molar-refractivity contribution is 6.21. The van der Waals surface area contributed by atoms with Crippen LogP contribution in [0.4, 0.5) is 5.69 Å². The molecule has 1 aliphatic heterocycles. The smallest absolute Gasteiger partial charge is 0.266 e. The number of carbonyl (C=O) groups is 1. The van der Waals surface area contributed by atoms with E-state index in [0.717, 1.165) is 17.0 Å². The molecule has 0 N–H and O–H groups in total. The van der Waals surface area contributed by atoms with Gasteiger partial charge in [0.1, 0.15) is 0 Å². The first-order valence-corrected chi connectivity index (χ1v) is 5.13. The van der Waals surface area contributed by atoms with E-state index in [2.05, 4.69) is 15.2 Å². The van der Waals surface area contributed by atoms with Gasteiger partial charge in [-0.05, 0) is 32.4 Å². The third kappa shape index (κ3) is 1.66. The van der Waals surface area contributed by atoms with Crippen LogP contribution in [0.1, 0.15) is 19.4 Å². The van der Waals surface area contributed by atoms with Crippen LogP contribution in [0, 0.1) is 6.92 Å². The average Bonchev–Trinajstić information content (AvgIpc) is 2.90. The molecule has 0 radical (unpaired) electrons. The number of aryl methyl sites for hydroxylation is 1. The summed E-state index contributed by atoms with van der Waals surface area (Å²) in [5.41, 5.74) is 1.56. The third-order valence-corrected chi connectivity index (χ3v) is 2.69. The van der Waals surface area contributed by atoms with Crippen molar-refractivity contribution in [2.75, 3.05) is 0 Å². The topological polar surface area (TPSA) is 54.1 Å². The molecule has 0 saturated heterocycles. The van der Waals surface area contributed by atoms with Gasteiger partial charge >= 0.3 is 0 Å². The number of benzene rings is 1. The summed E-state index contributed by atoms with van der Waals surface area (Å²) >= 11 is 0. The van der Waals surface area contributed by atoms with Gasteiger partial charge in [0.25, 0.3) is 5.66 Å². The molecular formula is C12H13N3O. The molecule has 0 saturated carbocycles. The minimum Gasteiger partial charge on any atom is -0.295 e. The summed E-state index contributed by atoms with van der Waals surface area (Å²) in [4.78, 5) is 15.4. The molecule has 1 unspecified atom stereocenters. The van der Waals surface area contributed by atoms with Crippen molar-refractivity contribution >= 4 is 17.2 Å². The predicted molar refractivity (Wildman–Crippen MR) is 62.2 cm³/mol. The zero-order valence-corrected chi connectivity index (χ0v) is 9.56. The van der Waals surface area contributed by atoms with E-state index in [4.69, 9.17) is 0 Å². The second kappa shape index (κ2) is 3.63. The van der Waals surface area contributed by atoms with Crippen LogP contribution >= 0.6 is 0 Å². The van der Waals surface area contributed by atoms with Crippen molar-refractivity contribution < 1.29 is 4.79 Å². The second-order valence-electron chi connectivity index (χ2n) is 3.91. The van der Waals surface area contributed by atoms with E-state index < -0.39 is 5.66 Å². The minimum absolute atomic E-state index is 0.0812. The summed E-state index contributed by atoms with van der Waals surface area (Å²) < 4.78 is 0. The van der Waals surface area contributed by atoms with Crippen LogP contribution in [-0.2, 0) is 4.79 Å². The summed E-state index contributed by atoms with van der Waals surface area (Å²) in [5, 5.41) is 8.15. The van der Waals surface area contributed by atoms with Crippen LogP contribution in [0.3, 0.4) is 0 Å². The molecule has 1 heterocycles. The average molecular weight is 215 g/mol. The summed E-state index contributed by atoms with van der Waals surface area (Å²) in [6.45, 7) is 5.23. The molecule has 1 aromatic rings. The molecule has 1 aromatic carbocycles. The molecular weight excluding hydrogens is 202 g/mol. The highest BCUT2D eigenvalue weighted by Gasteiger charge is 2.50. The van der Waals surface area contributed by atoms with E-state index in [1.807, 2.05) is 31.2 Å². The number of azo groups is 1. The van der Waals surface area contributed by atoms with Gasteiger partial charge in [-0.1, -0.05) is 18.2 Å². The number of hydrogen-bond acceptors (Lipinski definition) is 4. The van der Waals surface area contributed by atoms with Crippen molar-refractivity contribution in [2.45, 2.75) is 26.4 Å². The Balaban J connectivity index is 2.23. The maximum Gasteiger partial charge on any atom is 0.266 e. The molecule has 0 aromatic heterocycles. The second-order valence-corrected chi connectivity index (χ2v) is 3.91. The Kier molecular flexibility index (Phi) is 2.42. The van der Waals surface area contributed by atoms with Crippen molar-refractivity contribution in [1.82, 2.24) is 0 Å². The van der Waals surface area contributed by atoms with Crippen LogP contribution in [0.5, 0.6) is 0 Å². The molecule has 0 bridgehead atoms. The van der Waals surface area contributed by atoms with Gasteiger partial charge in [-0.2, -0.15) is 5.11 Å². The Morgan fingerprint density at radius 2 is 1.94 bits per heavy atom. The largest absolute Gasteiger partial charge is 0.295 e. The number of hydrogen-bond donors (Lipinski definition) is 0. The van der Waals surface area contributed by atoms with Gasteiger partial charge in [-0.15, -0.1) is 5.11 Å². The number of ketones is 1. The molecule has 0 fully saturated rings. The van der Waals surface area contributed by atoms with Gasteiger partial charge in [-0.25, -0.2) is 4.99 Å². The number of rotatable bonds is 3. The third-order valence-electron chi connectivity index (χ3n) is 2.69. The lowest BCUT2D eigenvalue weighted by Gasteiger charge is -2.03. The zero-order valence-electron chi connectivity index (χ0n) is 9.56. The fourth-order valence-corrected chi connectivity index (χ4v) is 1.52. The lowest BCUT2D eigenvalue weighted by molar-refractivity contribution is -0.118. The first-order chi connectivity index (χ1) is 7.56. The van der Waals surface area contributed by atoms with Crippen molar-refractivity contribution in [3.8, 4) is 0 Å². The summed E-state index contributed by atoms with van der Waals surface area (Å²) in [6, 6.07) is 7.65. The van der Waals surface area contributed by atoms with Gasteiger partial charge in [0.05, 0.1) is 11.4 Å². The number of aliphatic imine (C=N–C) groups is 1. The normalized spacial score (nSPS) is 23.3. The maximum atomic E-state index is 11.4. The van der Waals surface area contributed by atoms with Gasteiger partial charge in [0.2, 0.25) is 0 Å². The van der Waals surface area contributed by atoms with Crippen LogP contribution in [0.2, 0.25) is 0 Å². The molecule has 0 spiro atoms. The van der Waals surface area contributed by atoms with E-state index in [-0.39, 0.29) is 5.78 Å². The zero-order chi connectivity index (χ0) is 11.8. The van der Waals surface area contributed by atoms with Crippen molar-refractivity contribution in [3.63, 3.8) is 0 Å². The molecule has 4 nitrogen and oxygen atoms in total. The molecule has 82 valence electrons. The molecule has 1 atom stereocenters. The van der Waals surface area contributed by atoms with Crippen LogP contribution < -0.4 is 0 Å². The molecule has 1 aliphatic rings. The van der Waals surface area contributed by atoms with E-state index in [9.17, 15) is 4.79 Å². The van der Waals surface area contributed by atoms with Gasteiger partial charge in [0, 0.05) is 0 Å². The molecule has 4 heteroatoms. The first-order valence-electron chi connectivity index (χ1n) is 5.13.